The molecule has 4 nitrogen and oxygen atoms in total. The molecule has 10 heteroatoms. The average Bonchev–Trinajstić information content (AvgIpc) is 3.50. The largest absolute Gasteiger partial charge is 0.361 e. The predicted molar refractivity (Wildman–Crippen MR) is 135 cm³/mol. The van der Waals surface area contributed by atoms with Crippen LogP contribution < -0.4 is 5.56 Å². The number of thiophene rings is 1. The highest BCUT2D eigenvalue weighted by molar-refractivity contribution is 7.17. The van der Waals surface area contributed by atoms with E-state index in [4.69, 9.17) is 0 Å². The summed E-state index contributed by atoms with van der Waals surface area (Å²) < 4.78 is 57.7. The second-order valence-electron chi connectivity index (χ2n) is 8.16. The molecule has 3 heterocycles. The van der Waals surface area contributed by atoms with Crippen molar-refractivity contribution in [1.82, 2.24) is 9.55 Å². The van der Waals surface area contributed by atoms with Gasteiger partial charge in [-0.15, -0.1) is 11.3 Å². The van der Waals surface area contributed by atoms with Gasteiger partial charge in [-0.05, 0) is 58.3 Å². The minimum atomic E-state index is -3.54. The molecule has 0 amide bonds. The Labute approximate surface area is 208 Å². The van der Waals surface area contributed by atoms with E-state index in [0.29, 0.717) is 10.9 Å². The highest BCUT2D eigenvalue weighted by Crippen LogP contribution is 2.40. The van der Waals surface area contributed by atoms with Gasteiger partial charge in [0.25, 0.3) is 11.2 Å². The number of halogens is 4. The molecular formula is C26H16F4N3OPS. The lowest BCUT2D eigenvalue weighted by atomic mass is 10.0. The molecular weight excluding hydrogens is 509 g/mol. The number of benzene rings is 2. The first kappa shape index (κ1) is 24.0. The lowest BCUT2D eigenvalue weighted by Gasteiger charge is -2.18. The number of fused-ring (bicyclic) bond motifs is 1. The molecule has 0 radical (unpaired) electrons. The molecule has 1 atom stereocenters. The van der Waals surface area contributed by atoms with E-state index in [1.54, 1.807) is 12.1 Å². The van der Waals surface area contributed by atoms with Gasteiger partial charge in [-0.25, -0.2) is 8.78 Å². The van der Waals surface area contributed by atoms with Crippen LogP contribution in [0, 0.1) is 23.0 Å². The van der Waals surface area contributed by atoms with Crippen LogP contribution in [-0.4, -0.2) is 9.55 Å². The zero-order chi connectivity index (χ0) is 25.6. The minimum absolute atomic E-state index is 0.0243. The van der Waals surface area contributed by atoms with Gasteiger partial charge in [0.05, 0.1) is 17.1 Å². The first-order valence-electron chi connectivity index (χ1n) is 10.6. The van der Waals surface area contributed by atoms with E-state index in [1.807, 2.05) is 35.8 Å². The molecule has 0 bridgehead atoms. The Bertz CT molecular complexity index is 1730. The van der Waals surface area contributed by atoms with E-state index in [2.05, 4.69) is 4.98 Å². The highest BCUT2D eigenvalue weighted by Gasteiger charge is 2.32. The van der Waals surface area contributed by atoms with Crippen LogP contribution >= 0.6 is 20.6 Å². The molecule has 0 aliphatic heterocycles. The lowest BCUT2D eigenvalue weighted by molar-refractivity contribution is 0.103. The third-order valence-electron chi connectivity index (χ3n) is 5.85. The topological polar surface area (TPSA) is 61.6 Å². The molecule has 5 rings (SSSR count). The Morgan fingerprint density at radius 3 is 2.58 bits per heavy atom. The number of pyridine rings is 1. The van der Waals surface area contributed by atoms with Crippen LogP contribution in [-0.2, 0) is 12.2 Å². The summed E-state index contributed by atoms with van der Waals surface area (Å²) in [4.78, 5) is 16.8. The number of nitriles is 1. The van der Waals surface area contributed by atoms with Gasteiger partial charge in [0.2, 0.25) is 0 Å². The van der Waals surface area contributed by atoms with E-state index < -0.39 is 34.0 Å². The molecule has 2 aromatic carbocycles. The second kappa shape index (κ2) is 9.05. The fourth-order valence-electron chi connectivity index (χ4n) is 4.05. The number of alkyl halides is 2. The second-order valence-corrected chi connectivity index (χ2v) is 9.80. The Kier molecular flexibility index (Phi) is 6.03. The molecule has 0 aliphatic rings. The van der Waals surface area contributed by atoms with Crippen molar-refractivity contribution in [1.29, 1.82) is 5.26 Å². The molecule has 0 saturated carbocycles. The van der Waals surface area contributed by atoms with Crippen molar-refractivity contribution < 1.29 is 17.6 Å². The van der Waals surface area contributed by atoms with Crippen molar-refractivity contribution in [3.05, 3.63) is 105 Å². The fraction of sp³-hybridized carbons (Fsp3) is 0.0769. The summed E-state index contributed by atoms with van der Waals surface area (Å²) in [5.74, 6) is -1.68. The predicted octanol–water partition coefficient (Wildman–Crippen LogP) is 6.85. The zero-order valence-corrected chi connectivity index (χ0v) is 20.3. The standard InChI is InChI=1S/C26H16F4N3OPS/c27-18-3-1-16(21(28)9-18)12-33-23(10-20(26(29,30)35)19(11-31)25(33)34)24-8-17(13-36-24)14-2-4-22-15(7-14)5-6-32-22/h1-10,13,32H,12,35H2. The molecule has 180 valence electrons. The Balaban J connectivity index is 1.69. The first-order chi connectivity index (χ1) is 17.2. The molecule has 5 aromatic rings. The van der Waals surface area contributed by atoms with E-state index in [1.165, 1.54) is 26.6 Å². The summed E-state index contributed by atoms with van der Waals surface area (Å²) in [7, 11) is 1.34. The van der Waals surface area contributed by atoms with E-state index in [-0.39, 0.29) is 17.8 Å². The number of hydrogen-bond acceptors (Lipinski definition) is 3. The summed E-state index contributed by atoms with van der Waals surface area (Å²) in [6.45, 7) is -0.375. The number of rotatable bonds is 5. The zero-order valence-electron chi connectivity index (χ0n) is 18.4. The van der Waals surface area contributed by atoms with Crippen LogP contribution in [0.1, 0.15) is 16.7 Å². The van der Waals surface area contributed by atoms with Crippen LogP contribution in [0.15, 0.2) is 71.0 Å². The highest BCUT2D eigenvalue weighted by atomic mass is 32.1. The molecule has 0 spiro atoms. The quantitative estimate of drug-likeness (QED) is 0.202. The Morgan fingerprint density at radius 1 is 1.06 bits per heavy atom. The van der Waals surface area contributed by atoms with Gasteiger partial charge in [-0.3, -0.25) is 4.79 Å². The maximum Gasteiger partial charge on any atom is 0.285 e. The molecule has 3 aromatic heterocycles. The van der Waals surface area contributed by atoms with Crippen LogP contribution in [0.3, 0.4) is 0 Å². The maximum atomic E-state index is 14.4. The number of aromatic nitrogens is 2. The Hall–Kier alpha value is -3.73. The summed E-state index contributed by atoms with van der Waals surface area (Å²) in [5, 5.41) is 12.3. The maximum absolute atomic E-state index is 14.4. The smallest absolute Gasteiger partial charge is 0.285 e. The number of nitrogens with zero attached hydrogens (tertiary/aromatic N) is 2. The van der Waals surface area contributed by atoms with E-state index >= 15 is 0 Å². The van der Waals surface area contributed by atoms with Crippen LogP contribution in [0.25, 0.3) is 32.6 Å². The van der Waals surface area contributed by atoms with Gasteiger partial charge in [-0.1, -0.05) is 21.4 Å². The van der Waals surface area contributed by atoms with Crippen molar-refractivity contribution in [3.8, 4) is 27.8 Å². The van der Waals surface area contributed by atoms with Gasteiger partial charge in [0, 0.05) is 28.9 Å². The average molecular weight is 525 g/mol. The summed E-state index contributed by atoms with van der Waals surface area (Å²) in [6, 6.07) is 15.0. The van der Waals surface area contributed by atoms with Crippen LogP contribution in [0.4, 0.5) is 17.6 Å². The van der Waals surface area contributed by atoms with Crippen LogP contribution in [0.2, 0.25) is 0 Å². The number of aromatic amines is 1. The number of H-pyrrole nitrogens is 1. The van der Waals surface area contributed by atoms with Crippen molar-refractivity contribution in [3.63, 3.8) is 0 Å². The normalized spacial score (nSPS) is 11.7. The summed E-state index contributed by atoms with van der Waals surface area (Å²) >= 11 is 1.22. The molecule has 1 N–H and O–H groups in total. The van der Waals surface area contributed by atoms with Crippen molar-refractivity contribution in [2.75, 3.05) is 0 Å². The summed E-state index contributed by atoms with van der Waals surface area (Å²) in [6.07, 6.45) is 1.82. The monoisotopic (exact) mass is 525 g/mol. The van der Waals surface area contributed by atoms with Gasteiger partial charge in [0.1, 0.15) is 23.3 Å². The van der Waals surface area contributed by atoms with Gasteiger partial charge in [-0.2, -0.15) is 14.0 Å². The molecule has 0 fully saturated rings. The van der Waals surface area contributed by atoms with Gasteiger partial charge >= 0.3 is 0 Å². The van der Waals surface area contributed by atoms with Crippen molar-refractivity contribution in [2.24, 2.45) is 0 Å². The van der Waals surface area contributed by atoms with Crippen molar-refractivity contribution >= 4 is 31.5 Å². The number of hydrogen-bond donors (Lipinski definition) is 1. The van der Waals surface area contributed by atoms with Crippen LogP contribution in [0.5, 0.6) is 0 Å². The third-order valence-corrected chi connectivity index (χ3v) is 7.12. The van der Waals surface area contributed by atoms with Crippen molar-refractivity contribution in [2.45, 2.75) is 12.2 Å². The minimum Gasteiger partial charge on any atom is -0.361 e. The SMILES string of the molecule is N#Cc1c(C(F)(F)P)cc(-c2cc(-c3ccc4[nH]ccc4c3)cs2)n(Cc2ccc(F)cc2F)c1=O. The van der Waals surface area contributed by atoms with Gasteiger partial charge in [0.15, 0.2) is 0 Å². The van der Waals surface area contributed by atoms with Gasteiger partial charge < -0.3 is 9.55 Å². The summed E-state index contributed by atoms with van der Waals surface area (Å²) in [5.41, 5.74) is -3.29. The molecule has 36 heavy (non-hydrogen) atoms. The molecule has 1 unspecified atom stereocenters. The van der Waals surface area contributed by atoms with E-state index in [0.717, 1.165) is 38.7 Å². The first-order valence-corrected chi connectivity index (χ1v) is 12.1. The van der Waals surface area contributed by atoms with E-state index in [9.17, 15) is 27.6 Å². The molecule has 0 aliphatic carbocycles. The fourth-order valence-corrected chi connectivity index (χ4v) is 5.22. The lowest BCUT2D eigenvalue weighted by Crippen LogP contribution is -2.28. The Morgan fingerprint density at radius 2 is 1.86 bits per heavy atom. The molecule has 0 saturated heterocycles. The third kappa shape index (κ3) is 4.34. The number of nitrogens with one attached hydrogen (secondary N) is 1.